The Labute approximate surface area is 113 Å². The largest absolute Gasteiger partial charge is 0.407 e. The molecule has 0 bridgehead atoms. The minimum Gasteiger partial charge on any atom is -0.326 e. The van der Waals surface area contributed by atoms with Crippen LogP contribution in [-0.2, 0) is 16.6 Å². The van der Waals surface area contributed by atoms with Crippen molar-refractivity contribution < 1.29 is 26.0 Å². The summed E-state index contributed by atoms with van der Waals surface area (Å²) in [4.78, 5) is -0.560. The van der Waals surface area contributed by atoms with E-state index in [1.54, 1.807) is 4.72 Å². The van der Waals surface area contributed by atoms with Gasteiger partial charge in [0, 0.05) is 6.54 Å². The summed E-state index contributed by atoms with van der Waals surface area (Å²) in [5.74, 6) is -0.862. The molecule has 0 aromatic heterocycles. The standard InChI is InChI=1S/C11H12F4N2O2S/c12-8-2-1-7(6-16)9(5-8)20(18,19)17-10(3-4-10)11(13,14)15/h1-2,5,17H,3-4,6,16H2. The first kappa shape index (κ1) is 15.2. The lowest BCUT2D eigenvalue weighted by Gasteiger charge is -2.21. The lowest BCUT2D eigenvalue weighted by molar-refractivity contribution is -0.160. The third-order valence-electron chi connectivity index (χ3n) is 3.16. The molecule has 0 atom stereocenters. The molecule has 1 aromatic rings. The smallest absolute Gasteiger partial charge is 0.326 e. The normalized spacial score (nSPS) is 18.1. The van der Waals surface area contributed by atoms with Crippen LogP contribution in [-0.4, -0.2) is 20.1 Å². The molecule has 1 saturated carbocycles. The second-order valence-electron chi connectivity index (χ2n) is 4.64. The van der Waals surface area contributed by atoms with Gasteiger partial charge in [0.1, 0.15) is 11.4 Å². The Bertz CT molecular complexity index is 624. The van der Waals surface area contributed by atoms with E-state index in [1.807, 2.05) is 0 Å². The molecule has 0 amide bonds. The molecule has 0 radical (unpaired) electrons. The third-order valence-corrected chi connectivity index (χ3v) is 4.78. The zero-order valence-corrected chi connectivity index (χ0v) is 11.0. The number of sulfonamides is 1. The highest BCUT2D eigenvalue weighted by Crippen LogP contribution is 2.49. The van der Waals surface area contributed by atoms with E-state index in [-0.39, 0.29) is 24.9 Å². The molecule has 0 saturated heterocycles. The fourth-order valence-corrected chi connectivity index (χ4v) is 3.54. The Morgan fingerprint density at radius 2 is 1.90 bits per heavy atom. The van der Waals surface area contributed by atoms with Crippen LogP contribution >= 0.6 is 0 Å². The van der Waals surface area contributed by atoms with Crippen molar-refractivity contribution in [1.82, 2.24) is 4.72 Å². The van der Waals surface area contributed by atoms with Gasteiger partial charge in [0.15, 0.2) is 0 Å². The predicted octanol–water partition coefficient (Wildman–Crippen LogP) is 1.66. The second kappa shape index (κ2) is 4.68. The molecule has 3 N–H and O–H groups in total. The van der Waals surface area contributed by atoms with Gasteiger partial charge in [-0.05, 0) is 30.5 Å². The number of alkyl halides is 3. The van der Waals surface area contributed by atoms with Crippen molar-refractivity contribution in [2.45, 2.75) is 36.0 Å². The van der Waals surface area contributed by atoms with Crippen molar-refractivity contribution >= 4 is 10.0 Å². The van der Waals surface area contributed by atoms with Gasteiger partial charge in [-0.15, -0.1) is 0 Å². The molecule has 0 unspecified atom stereocenters. The highest BCUT2D eigenvalue weighted by Gasteiger charge is 2.65. The van der Waals surface area contributed by atoms with Crippen LogP contribution in [0.1, 0.15) is 18.4 Å². The van der Waals surface area contributed by atoms with Crippen molar-refractivity contribution in [2.24, 2.45) is 5.73 Å². The van der Waals surface area contributed by atoms with Gasteiger partial charge < -0.3 is 5.73 Å². The van der Waals surface area contributed by atoms with Gasteiger partial charge in [0.25, 0.3) is 0 Å². The van der Waals surface area contributed by atoms with E-state index in [4.69, 9.17) is 5.73 Å². The monoisotopic (exact) mass is 312 g/mol. The maximum absolute atomic E-state index is 13.1. The van der Waals surface area contributed by atoms with Crippen molar-refractivity contribution in [3.63, 3.8) is 0 Å². The second-order valence-corrected chi connectivity index (χ2v) is 6.29. The van der Waals surface area contributed by atoms with E-state index in [1.165, 1.54) is 0 Å². The van der Waals surface area contributed by atoms with E-state index in [0.717, 1.165) is 12.1 Å². The first-order valence-corrected chi connectivity index (χ1v) is 7.19. The SMILES string of the molecule is NCc1ccc(F)cc1S(=O)(=O)NC1(C(F)(F)F)CC1. The summed E-state index contributed by atoms with van der Waals surface area (Å²) in [5.41, 5.74) is 2.94. The summed E-state index contributed by atoms with van der Waals surface area (Å²) in [5, 5.41) is 0. The Kier molecular flexibility index (Phi) is 3.55. The summed E-state index contributed by atoms with van der Waals surface area (Å²) in [6.45, 7) is -0.227. The quantitative estimate of drug-likeness (QED) is 0.831. The molecule has 2 rings (SSSR count). The van der Waals surface area contributed by atoms with Crippen molar-refractivity contribution in [3.8, 4) is 0 Å². The average Bonchev–Trinajstić information content (AvgIpc) is 3.08. The van der Waals surface area contributed by atoms with Crippen molar-refractivity contribution in [1.29, 1.82) is 0 Å². The third kappa shape index (κ3) is 2.65. The highest BCUT2D eigenvalue weighted by molar-refractivity contribution is 7.89. The minimum atomic E-state index is -4.68. The van der Waals surface area contributed by atoms with Crippen LogP contribution < -0.4 is 10.5 Å². The van der Waals surface area contributed by atoms with Crippen molar-refractivity contribution in [2.75, 3.05) is 0 Å². The molecule has 9 heteroatoms. The van der Waals surface area contributed by atoms with Crippen LogP contribution in [0.5, 0.6) is 0 Å². The Hall–Kier alpha value is -1.19. The van der Waals surface area contributed by atoms with Crippen LogP contribution in [0.3, 0.4) is 0 Å². The summed E-state index contributed by atoms with van der Waals surface area (Å²) in [7, 11) is -4.49. The van der Waals surface area contributed by atoms with E-state index in [0.29, 0.717) is 6.07 Å². The van der Waals surface area contributed by atoms with Gasteiger partial charge >= 0.3 is 6.18 Å². The molecule has 112 valence electrons. The fraction of sp³-hybridized carbons (Fsp3) is 0.455. The molecule has 1 fully saturated rings. The number of hydrogen-bond donors (Lipinski definition) is 2. The molecule has 1 aliphatic rings. The summed E-state index contributed by atoms with van der Waals surface area (Å²) in [6.07, 6.45) is -5.34. The molecule has 1 aliphatic carbocycles. The van der Waals surface area contributed by atoms with Crippen molar-refractivity contribution in [3.05, 3.63) is 29.6 Å². The number of halogens is 4. The average molecular weight is 312 g/mol. The van der Waals surface area contributed by atoms with Gasteiger partial charge in [-0.3, -0.25) is 0 Å². The van der Waals surface area contributed by atoms with Crippen LogP contribution in [0.25, 0.3) is 0 Å². The molecule has 0 aliphatic heterocycles. The minimum absolute atomic E-state index is 0.0527. The summed E-state index contributed by atoms with van der Waals surface area (Å²) < 4.78 is 77.2. The number of rotatable bonds is 4. The maximum Gasteiger partial charge on any atom is 0.407 e. The lowest BCUT2D eigenvalue weighted by atomic mass is 10.2. The number of benzene rings is 1. The molecular weight excluding hydrogens is 300 g/mol. The maximum atomic E-state index is 13.1. The Morgan fingerprint density at radius 1 is 1.30 bits per heavy atom. The zero-order valence-electron chi connectivity index (χ0n) is 10.2. The first-order valence-electron chi connectivity index (χ1n) is 5.70. The summed E-state index contributed by atoms with van der Waals surface area (Å²) in [6, 6.07) is 2.80. The highest BCUT2D eigenvalue weighted by atomic mass is 32.2. The first-order chi connectivity index (χ1) is 9.11. The number of nitrogens with two attached hydrogens (primary N) is 1. The van der Waals surface area contributed by atoms with Crippen LogP contribution in [0, 0.1) is 5.82 Å². The molecule has 0 heterocycles. The van der Waals surface area contributed by atoms with Crippen LogP contribution in [0.2, 0.25) is 0 Å². The van der Waals surface area contributed by atoms with E-state index < -0.39 is 32.5 Å². The predicted molar refractivity (Wildman–Crippen MR) is 62.6 cm³/mol. The number of hydrogen-bond acceptors (Lipinski definition) is 3. The van der Waals surface area contributed by atoms with Crippen LogP contribution in [0.15, 0.2) is 23.1 Å². The van der Waals surface area contributed by atoms with E-state index in [2.05, 4.69) is 0 Å². The Morgan fingerprint density at radius 3 is 2.35 bits per heavy atom. The molecular formula is C11H12F4N2O2S. The molecule has 0 spiro atoms. The molecule has 1 aromatic carbocycles. The summed E-state index contributed by atoms with van der Waals surface area (Å²) >= 11 is 0. The molecule has 20 heavy (non-hydrogen) atoms. The topological polar surface area (TPSA) is 72.2 Å². The van der Waals surface area contributed by atoms with Gasteiger partial charge in [0.2, 0.25) is 10.0 Å². The van der Waals surface area contributed by atoms with Gasteiger partial charge in [-0.25, -0.2) is 12.8 Å². The zero-order chi connectivity index (χ0) is 15.2. The number of nitrogens with one attached hydrogen (secondary N) is 1. The van der Waals surface area contributed by atoms with Gasteiger partial charge in [-0.2, -0.15) is 17.9 Å². The van der Waals surface area contributed by atoms with Gasteiger partial charge in [-0.1, -0.05) is 6.07 Å². The molecule has 4 nitrogen and oxygen atoms in total. The van der Waals surface area contributed by atoms with Gasteiger partial charge in [0.05, 0.1) is 4.90 Å². The van der Waals surface area contributed by atoms with E-state index >= 15 is 0 Å². The fourth-order valence-electron chi connectivity index (χ4n) is 1.83. The lowest BCUT2D eigenvalue weighted by Crippen LogP contribution is -2.47. The van der Waals surface area contributed by atoms with E-state index in [9.17, 15) is 26.0 Å². The van der Waals surface area contributed by atoms with Crippen LogP contribution in [0.4, 0.5) is 17.6 Å². The Balaban J connectivity index is 2.40.